The normalized spacial score (nSPS) is 29.2. The number of hydrogen-bond acceptors (Lipinski definition) is 2. The van der Waals surface area contributed by atoms with Crippen molar-refractivity contribution < 1.29 is 0 Å². The van der Waals surface area contributed by atoms with Crippen molar-refractivity contribution in [2.75, 3.05) is 9.80 Å². The molecule has 4 saturated carbocycles. The third-order valence-corrected chi connectivity index (χ3v) is 21.0. The van der Waals surface area contributed by atoms with E-state index in [4.69, 9.17) is 0 Å². The van der Waals surface area contributed by atoms with Gasteiger partial charge in [-0.05, 0) is 250 Å². The van der Waals surface area contributed by atoms with Crippen LogP contribution < -0.4 is 26.2 Å². The van der Waals surface area contributed by atoms with Gasteiger partial charge < -0.3 is 9.80 Å². The van der Waals surface area contributed by atoms with Gasteiger partial charge in [-0.2, -0.15) is 0 Å². The molecule has 2 heterocycles. The second-order valence-corrected chi connectivity index (χ2v) is 29.1. The smallest absolute Gasteiger partial charge is 0.252 e. The Labute approximate surface area is 447 Å². The Balaban J connectivity index is 1.09. The molecular formula is C71H85BN2. The van der Waals surface area contributed by atoms with Gasteiger partial charge in [0.15, 0.2) is 0 Å². The zero-order chi connectivity index (χ0) is 51.4. The Morgan fingerprint density at radius 3 is 1.58 bits per heavy atom. The first-order chi connectivity index (χ1) is 35.2. The molecule has 7 aliphatic rings. The summed E-state index contributed by atoms with van der Waals surface area (Å²) in [6.07, 6.45) is 15.9. The highest BCUT2D eigenvalue weighted by molar-refractivity contribution is 7.00. The summed E-state index contributed by atoms with van der Waals surface area (Å²) in [5.41, 5.74) is 24.5. The molecule has 6 aromatic rings. The topological polar surface area (TPSA) is 6.48 Å². The van der Waals surface area contributed by atoms with Crippen LogP contribution in [0.4, 0.5) is 34.1 Å². The predicted molar refractivity (Wildman–Crippen MR) is 318 cm³/mol. The fourth-order valence-electron chi connectivity index (χ4n) is 18.2. The van der Waals surface area contributed by atoms with Crippen LogP contribution in [0.3, 0.4) is 0 Å². The van der Waals surface area contributed by atoms with Crippen LogP contribution in [0.25, 0.3) is 11.1 Å². The van der Waals surface area contributed by atoms with Gasteiger partial charge in [0.2, 0.25) is 0 Å². The zero-order valence-electron chi connectivity index (χ0n) is 47.4. The van der Waals surface area contributed by atoms with E-state index in [2.05, 4.69) is 208 Å². The van der Waals surface area contributed by atoms with Gasteiger partial charge in [0, 0.05) is 34.0 Å². The van der Waals surface area contributed by atoms with Crippen molar-refractivity contribution >= 4 is 57.2 Å². The maximum atomic E-state index is 2.80. The summed E-state index contributed by atoms with van der Waals surface area (Å²) in [6.45, 7) is 29.8. The monoisotopic (exact) mass is 977 g/mol. The minimum Gasteiger partial charge on any atom is -0.311 e. The highest BCUT2D eigenvalue weighted by Gasteiger charge is 2.50. The van der Waals surface area contributed by atoms with E-state index in [0.717, 1.165) is 35.5 Å². The molecule has 4 fully saturated rings. The maximum Gasteiger partial charge on any atom is 0.252 e. The molecule has 6 aromatic carbocycles. The molecule has 2 unspecified atom stereocenters. The molecule has 0 saturated heterocycles. The van der Waals surface area contributed by atoms with Gasteiger partial charge in [-0.3, -0.25) is 0 Å². The average Bonchev–Trinajstić information content (AvgIpc) is 3.37. The van der Waals surface area contributed by atoms with Crippen molar-refractivity contribution in [1.29, 1.82) is 0 Å². The van der Waals surface area contributed by atoms with Crippen molar-refractivity contribution in [1.82, 2.24) is 0 Å². The Hall–Kier alpha value is -5.02. The van der Waals surface area contributed by atoms with Crippen LogP contribution in [-0.2, 0) is 27.1 Å². The maximum absolute atomic E-state index is 2.80. The van der Waals surface area contributed by atoms with Gasteiger partial charge in [-0.1, -0.05) is 143 Å². The lowest BCUT2D eigenvalue weighted by Crippen LogP contribution is -2.62. The van der Waals surface area contributed by atoms with E-state index in [0.29, 0.717) is 0 Å². The van der Waals surface area contributed by atoms with Crippen molar-refractivity contribution in [3.05, 3.63) is 149 Å². The molecule has 13 rings (SSSR count). The van der Waals surface area contributed by atoms with Crippen LogP contribution in [0.2, 0.25) is 0 Å². The van der Waals surface area contributed by atoms with Gasteiger partial charge in [-0.15, -0.1) is 0 Å². The molecule has 3 heteroatoms. The van der Waals surface area contributed by atoms with E-state index in [-0.39, 0.29) is 33.8 Å². The summed E-state index contributed by atoms with van der Waals surface area (Å²) in [5, 5.41) is 0. The largest absolute Gasteiger partial charge is 0.311 e. The van der Waals surface area contributed by atoms with E-state index in [1.54, 1.807) is 16.7 Å². The molecule has 0 aromatic heterocycles. The Morgan fingerprint density at radius 1 is 0.486 bits per heavy atom. The third kappa shape index (κ3) is 7.75. The standard InChI is InChI=1S/C71H85BN2/c1-44-32-64-66-65(33-44)74(61-24-20-53(67(6,7)8)34-56(61)51-16-14-13-15-17-51)63-37-58-57(68(9,10)26-27-69(58,11)12)36-60(63)72(66)59-35-54(71-40-47(4)30-50(43-71)31-48(5)41-71)21-25-62(59)73(64)55-22-18-52(19-23-55)70-38-45(2)28-49(42-70)29-46(3)39-70/h13-25,32-37,45-50H,26-31,38-43H2,1-12H3/t45-,46+,47-,48+,49?,50-,70-,71?. The second kappa shape index (κ2) is 17.0. The summed E-state index contributed by atoms with van der Waals surface area (Å²) in [5.74, 6) is 4.75. The van der Waals surface area contributed by atoms with E-state index < -0.39 is 0 Å². The molecule has 0 amide bonds. The molecule has 382 valence electrons. The number of benzene rings is 6. The van der Waals surface area contributed by atoms with Crippen molar-refractivity contribution in [3.63, 3.8) is 0 Å². The molecule has 0 spiro atoms. The second-order valence-electron chi connectivity index (χ2n) is 29.1. The molecule has 4 bridgehead atoms. The minimum absolute atomic E-state index is 0.000810. The molecule has 5 aliphatic carbocycles. The first kappa shape index (κ1) is 48.6. The number of nitrogens with zero attached hydrogens (tertiary/aromatic N) is 2. The molecule has 0 N–H and O–H groups in total. The summed E-state index contributed by atoms with van der Waals surface area (Å²) >= 11 is 0. The van der Waals surface area contributed by atoms with E-state index in [1.807, 2.05) is 0 Å². The summed E-state index contributed by atoms with van der Waals surface area (Å²) in [7, 11) is 0. The van der Waals surface area contributed by atoms with Crippen LogP contribution in [0.5, 0.6) is 0 Å². The Bertz CT molecular complexity index is 3150. The van der Waals surface area contributed by atoms with Crippen LogP contribution in [0.15, 0.2) is 115 Å². The molecule has 74 heavy (non-hydrogen) atoms. The lowest BCUT2D eigenvalue weighted by atomic mass is 9.32. The third-order valence-electron chi connectivity index (χ3n) is 21.0. The lowest BCUT2D eigenvalue weighted by molar-refractivity contribution is 0.0779. The van der Waals surface area contributed by atoms with Gasteiger partial charge in [0.25, 0.3) is 6.71 Å². The van der Waals surface area contributed by atoms with Gasteiger partial charge in [0.05, 0.1) is 5.69 Å². The lowest BCUT2D eigenvalue weighted by Gasteiger charge is -2.51. The predicted octanol–water partition coefficient (Wildman–Crippen LogP) is 17.6. The first-order valence-electron chi connectivity index (χ1n) is 29.6. The molecule has 2 nitrogen and oxygen atoms in total. The van der Waals surface area contributed by atoms with Crippen molar-refractivity contribution in [2.45, 2.75) is 187 Å². The highest BCUT2D eigenvalue weighted by Crippen LogP contribution is 2.58. The molecule has 2 aliphatic heterocycles. The molecular weight excluding hydrogens is 892 g/mol. The minimum atomic E-state index is -0.000810. The number of aryl methyl sites for hydroxylation is 1. The highest BCUT2D eigenvalue weighted by atomic mass is 15.2. The Kier molecular flexibility index (Phi) is 11.2. The number of rotatable bonds is 5. The average molecular weight is 977 g/mol. The summed E-state index contributed by atoms with van der Waals surface area (Å²) in [4.78, 5) is 5.47. The first-order valence-corrected chi connectivity index (χ1v) is 29.6. The van der Waals surface area contributed by atoms with Crippen molar-refractivity contribution in [2.24, 2.45) is 35.5 Å². The van der Waals surface area contributed by atoms with Gasteiger partial charge in [0.1, 0.15) is 0 Å². The van der Waals surface area contributed by atoms with Crippen LogP contribution >= 0.6 is 0 Å². The summed E-state index contributed by atoms with van der Waals surface area (Å²) in [6, 6.07) is 47.5. The Morgan fingerprint density at radius 2 is 1.00 bits per heavy atom. The molecule has 8 atom stereocenters. The number of fused-ring (bicyclic) bond motifs is 9. The van der Waals surface area contributed by atoms with Gasteiger partial charge in [-0.25, -0.2) is 0 Å². The van der Waals surface area contributed by atoms with E-state index >= 15 is 0 Å². The quantitative estimate of drug-likeness (QED) is 0.159. The van der Waals surface area contributed by atoms with Crippen LogP contribution in [0, 0.1) is 42.4 Å². The SMILES string of the molecule is Cc1cc2c3c(c1)N(c1ccc(C(C)(C)C)cc1-c1ccccc1)c1cc4c(cc1B3c1cc(C35C[C@H](C)C[C@H](C[C@H](C)C3)C5)ccc1N2c1ccc([C@]23CC(C[C@@H](C)C2)C[C@H](C)C3)cc1)C(C)(C)CCC4(C)C. The fourth-order valence-corrected chi connectivity index (χ4v) is 18.2. The van der Waals surface area contributed by atoms with E-state index in [9.17, 15) is 0 Å². The van der Waals surface area contributed by atoms with Crippen molar-refractivity contribution in [3.8, 4) is 11.1 Å². The number of hydrogen-bond donors (Lipinski definition) is 0. The van der Waals surface area contributed by atoms with Crippen LogP contribution in [0.1, 0.15) is 187 Å². The molecule has 0 radical (unpaired) electrons. The fraction of sp³-hybridized carbons (Fsp3) is 0.493. The number of anilines is 6. The summed E-state index contributed by atoms with van der Waals surface area (Å²) < 4.78 is 0. The zero-order valence-corrected chi connectivity index (χ0v) is 47.4. The van der Waals surface area contributed by atoms with Gasteiger partial charge >= 0.3 is 0 Å². The van der Waals surface area contributed by atoms with E-state index in [1.165, 1.54) is 155 Å². The van der Waals surface area contributed by atoms with Crippen LogP contribution in [-0.4, -0.2) is 6.71 Å².